The fourth-order valence-corrected chi connectivity index (χ4v) is 1.43. The molecule has 2 aromatic rings. The number of nitrogens with one attached hydrogen (secondary N) is 1. The Morgan fingerprint density at radius 1 is 1.39 bits per heavy atom. The molecule has 0 aromatic carbocycles. The molecule has 0 spiro atoms. The first-order valence-corrected chi connectivity index (χ1v) is 5.56. The van der Waals surface area contributed by atoms with Crippen molar-refractivity contribution in [1.82, 2.24) is 5.43 Å². The van der Waals surface area contributed by atoms with Gasteiger partial charge in [0, 0.05) is 12.1 Å². The standard InChI is InChI=1S/C13H13N3O2/c1-11-5-6-12(18-11)9-14-15-13(17)10-16-7-3-2-4-8-16/h2-9H,10H2,1H3/p+1/b14-9+. The average Bonchev–Trinajstić information content (AvgIpc) is 2.76. The maximum absolute atomic E-state index is 11.5. The van der Waals surface area contributed by atoms with Gasteiger partial charge in [0.1, 0.15) is 11.5 Å². The minimum absolute atomic E-state index is 0.189. The van der Waals surface area contributed by atoms with Gasteiger partial charge in [0.05, 0.1) is 6.21 Å². The van der Waals surface area contributed by atoms with Crippen LogP contribution in [-0.4, -0.2) is 12.1 Å². The first kappa shape index (κ1) is 12.0. The molecule has 0 bridgehead atoms. The van der Waals surface area contributed by atoms with E-state index >= 15 is 0 Å². The first-order valence-electron chi connectivity index (χ1n) is 5.56. The third-order valence-corrected chi connectivity index (χ3v) is 2.25. The molecule has 92 valence electrons. The van der Waals surface area contributed by atoms with Crippen LogP contribution in [0.5, 0.6) is 0 Å². The second-order valence-corrected chi connectivity index (χ2v) is 3.79. The van der Waals surface area contributed by atoms with E-state index in [1.165, 1.54) is 6.21 Å². The molecule has 0 aliphatic heterocycles. The topological polar surface area (TPSA) is 58.5 Å². The van der Waals surface area contributed by atoms with Crippen LogP contribution in [0.1, 0.15) is 11.5 Å². The molecule has 0 unspecified atom stereocenters. The lowest BCUT2D eigenvalue weighted by Crippen LogP contribution is -2.40. The van der Waals surface area contributed by atoms with Gasteiger partial charge in [-0.3, -0.25) is 4.79 Å². The van der Waals surface area contributed by atoms with Gasteiger partial charge in [0.15, 0.2) is 12.4 Å². The molecule has 0 aliphatic carbocycles. The molecule has 0 fully saturated rings. The fraction of sp³-hybridized carbons (Fsp3) is 0.154. The number of carbonyl (C=O) groups excluding carboxylic acids is 1. The molecule has 5 nitrogen and oxygen atoms in total. The highest BCUT2D eigenvalue weighted by Gasteiger charge is 2.06. The van der Waals surface area contributed by atoms with Crippen LogP contribution < -0.4 is 9.99 Å². The highest BCUT2D eigenvalue weighted by atomic mass is 16.3. The number of amides is 1. The van der Waals surface area contributed by atoms with Gasteiger partial charge in [-0.25, -0.2) is 5.43 Å². The van der Waals surface area contributed by atoms with E-state index in [9.17, 15) is 4.79 Å². The Bertz CT molecular complexity index is 546. The van der Waals surface area contributed by atoms with E-state index in [4.69, 9.17) is 4.42 Å². The summed E-state index contributed by atoms with van der Waals surface area (Å²) in [4.78, 5) is 11.5. The van der Waals surface area contributed by atoms with Crippen molar-refractivity contribution in [3.05, 3.63) is 54.2 Å². The molecule has 2 aromatic heterocycles. The lowest BCUT2D eigenvalue weighted by Gasteiger charge is -1.95. The summed E-state index contributed by atoms with van der Waals surface area (Å²) < 4.78 is 7.04. The van der Waals surface area contributed by atoms with Crippen molar-refractivity contribution in [1.29, 1.82) is 0 Å². The third-order valence-electron chi connectivity index (χ3n) is 2.25. The number of hydrogen-bond acceptors (Lipinski definition) is 3. The highest BCUT2D eigenvalue weighted by molar-refractivity contribution is 5.79. The van der Waals surface area contributed by atoms with Crippen LogP contribution in [0.15, 0.2) is 52.2 Å². The zero-order valence-corrected chi connectivity index (χ0v) is 10.0. The van der Waals surface area contributed by atoms with Gasteiger partial charge >= 0.3 is 5.91 Å². The van der Waals surface area contributed by atoms with Crippen molar-refractivity contribution in [3.8, 4) is 0 Å². The number of pyridine rings is 1. The SMILES string of the molecule is Cc1ccc(/C=N/NC(=O)C[n+]2ccccc2)o1. The van der Waals surface area contributed by atoms with Gasteiger partial charge in [0.25, 0.3) is 0 Å². The van der Waals surface area contributed by atoms with E-state index in [0.717, 1.165) is 5.76 Å². The third kappa shape index (κ3) is 3.55. The number of furan rings is 1. The van der Waals surface area contributed by atoms with Gasteiger partial charge in [-0.15, -0.1) is 0 Å². The molecule has 18 heavy (non-hydrogen) atoms. The minimum Gasteiger partial charge on any atom is -0.460 e. The molecule has 5 heteroatoms. The Morgan fingerprint density at radius 2 is 2.17 bits per heavy atom. The molecule has 1 N–H and O–H groups in total. The van der Waals surface area contributed by atoms with E-state index in [2.05, 4.69) is 10.5 Å². The first-order chi connectivity index (χ1) is 8.74. The summed E-state index contributed by atoms with van der Waals surface area (Å²) in [5.41, 5.74) is 2.44. The summed E-state index contributed by atoms with van der Waals surface area (Å²) in [6, 6.07) is 9.25. The van der Waals surface area contributed by atoms with E-state index in [1.807, 2.05) is 43.6 Å². The predicted octanol–water partition coefficient (Wildman–Crippen LogP) is 1.03. The lowest BCUT2D eigenvalue weighted by atomic mass is 10.4. The van der Waals surface area contributed by atoms with Crippen LogP contribution in [0.25, 0.3) is 0 Å². The molecule has 2 heterocycles. The summed E-state index contributed by atoms with van der Waals surface area (Å²) in [5, 5.41) is 3.82. The summed E-state index contributed by atoms with van der Waals surface area (Å²) in [7, 11) is 0. The lowest BCUT2D eigenvalue weighted by molar-refractivity contribution is -0.684. The number of nitrogens with zero attached hydrogens (tertiary/aromatic N) is 2. The number of hydrazone groups is 1. The van der Waals surface area contributed by atoms with E-state index in [1.54, 1.807) is 10.6 Å². The van der Waals surface area contributed by atoms with Gasteiger partial charge in [-0.1, -0.05) is 6.07 Å². The van der Waals surface area contributed by atoms with Gasteiger partial charge in [-0.2, -0.15) is 9.67 Å². The Labute approximate surface area is 105 Å². The van der Waals surface area contributed by atoms with Crippen molar-refractivity contribution in [3.63, 3.8) is 0 Å². The minimum atomic E-state index is -0.189. The summed E-state index contributed by atoms with van der Waals surface area (Å²) in [6.45, 7) is 2.08. The van der Waals surface area contributed by atoms with Crippen LogP contribution in [0.2, 0.25) is 0 Å². The zero-order valence-electron chi connectivity index (χ0n) is 10.0. The Hall–Kier alpha value is -2.43. The smallest absolute Gasteiger partial charge is 0.305 e. The largest absolute Gasteiger partial charge is 0.460 e. The molecule has 2 rings (SSSR count). The van der Waals surface area contributed by atoms with Crippen molar-refractivity contribution < 1.29 is 13.8 Å². The Kier molecular flexibility index (Phi) is 3.86. The van der Waals surface area contributed by atoms with Gasteiger partial charge < -0.3 is 4.42 Å². The fourth-order valence-electron chi connectivity index (χ4n) is 1.43. The molecular weight excluding hydrogens is 230 g/mol. The monoisotopic (exact) mass is 244 g/mol. The summed E-state index contributed by atoms with van der Waals surface area (Å²) in [6.07, 6.45) is 5.11. The molecule has 0 saturated heterocycles. The number of carbonyl (C=O) groups is 1. The van der Waals surface area contributed by atoms with Crippen molar-refractivity contribution in [2.45, 2.75) is 13.5 Å². The van der Waals surface area contributed by atoms with E-state index < -0.39 is 0 Å². The van der Waals surface area contributed by atoms with E-state index in [-0.39, 0.29) is 12.5 Å². The van der Waals surface area contributed by atoms with Crippen LogP contribution in [0.4, 0.5) is 0 Å². The number of aryl methyl sites for hydroxylation is 1. The molecule has 0 radical (unpaired) electrons. The molecule has 1 amide bonds. The average molecular weight is 244 g/mol. The van der Waals surface area contributed by atoms with Crippen molar-refractivity contribution in [2.24, 2.45) is 5.10 Å². The quantitative estimate of drug-likeness (QED) is 0.496. The van der Waals surface area contributed by atoms with E-state index in [0.29, 0.717) is 5.76 Å². The summed E-state index contributed by atoms with van der Waals surface area (Å²) in [5.74, 6) is 1.23. The highest BCUT2D eigenvalue weighted by Crippen LogP contribution is 2.02. The Morgan fingerprint density at radius 3 is 2.83 bits per heavy atom. The number of hydrogen-bond donors (Lipinski definition) is 1. The van der Waals surface area contributed by atoms with Crippen LogP contribution in [0.3, 0.4) is 0 Å². The van der Waals surface area contributed by atoms with Gasteiger partial charge in [0.2, 0.25) is 6.54 Å². The second-order valence-electron chi connectivity index (χ2n) is 3.79. The molecule has 0 saturated carbocycles. The molecule has 0 aliphatic rings. The van der Waals surface area contributed by atoms with Crippen molar-refractivity contribution in [2.75, 3.05) is 0 Å². The maximum atomic E-state index is 11.5. The Balaban J connectivity index is 1.83. The zero-order chi connectivity index (χ0) is 12.8. The predicted molar refractivity (Wildman–Crippen MR) is 65.8 cm³/mol. The van der Waals surface area contributed by atoms with Crippen LogP contribution in [0, 0.1) is 6.92 Å². The van der Waals surface area contributed by atoms with Gasteiger partial charge in [-0.05, 0) is 19.1 Å². The maximum Gasteiger partial charge on any atom is 0.305 e. The normalized spacial score (nSPS) is 10.7. The second kappa shape index (κ2) is 5.77. The van der Waals surface area contributed by atoms with Crippen LogP contribution >= 0.6 is 0 Å². The number of rotatable bonds is 4. The summed E-state index contributed by atoms with van der Waals surface area (Å²) >= 11 is 0. The van der Waals surface area contributed by atoms with Crippen molar-refractivity contribution >= 4 is 12.1 Å². The molecule has 0 atom stereocenters. The molecular formula is C13H14N3O2+. The number of aromatic nitrogens is 1. The van der Waals surface area contributed by atoms with Crippen LogP contribution in [-0.2, 0) is 11.3 Å².